The third-order valence-electron chi connectivity index (χ3n) is 2.89. The molecule has 5 nitrogen and oxygen atoms in total. The molecule has 20 heavy (non-hydrogen) atoms. The maximum atomic E-state index is 13.4. The van der Waals surface area contributed by atoms with Gasteiger partial charge >= 0.3 is 0 Å². The van der Waals surface area contributed by atoms with E-state index in [2.05, 4.69) is 10.5 Å². The van der Waals surface area contributed by atoms with Crippen molar-refractivity contribution in [3.05, 3.63) is 35.1 Å². The van der Waals surface area contributed by atoms with E-state index in [-0.39, 0.29) is 5.84 Å². The van der Waals surface area contributed by atoms with Gasteiger partial charge < -0.3 is 21.0 Å². The van der Waals surface area contributed by atoms with Crippen LogP contribution in [-0.4, -0.2) is 31.3 Å². The second-order valence-corrected chi connectivity index (χ2v) is 4.56. The minimum absolute atomic E-state index is 0.0923. The van der Waals surface area contributed by atoms with Gasteiger partial charge in [-0.25, -0.2) is 4.39 Å². The quantitative estimate of drug-likeness (QED) is 0.212. The molecule has 0 heterocycles. The maximum Gasteiger partial charge on any atom is 0.170 e. The van der Waals surface area contributed by atoms with E-state index in [1.165, 1.54) is 12.1 Å². The molecule has 0 atom stereocenters. The predicted octanol–water partition coefficient (Wildman–Crippen LogP) is 1.83. The monoisotopic (exact) mass is 283 g/mol. The molecule has 1 aromatic carbocycles. The molecule has 0 aromatic heterocycles. The van der Waals surface area contributed by atoms with E-state index in [0.717, 1.165) is 38.0 Å². The Labute approximate surface area is 118 Å². The van der Waals surface area contributed by atoms with Crippen LogP contribution in [0, 0.1) is 5.82 Å². The zero-order chi connectivity index (χ0) is 14.8. The molecule has 0 fully saturated rings. The molecule has 0 spiro atoms. The maximum absolute atomic E-state index is 13.4. The first-order valence-corrected chi connectivity index (χ1v) is 6.64. The Balaban J connectivity index is 2.38. The van der Waals surface area contributed by atoms with Crippen molar-refractivity contribution in [3.63, 3.8) is 0 Å². The number of methoxy groups -OCH3 is 1. The predicted molar refractivity (Wildman–Crippen MR) is 76.3 cm³/mol. The molecule has 0 radical (unpaired) electrons. The van der Waals surface area contributed by atoms with Crippen LogP contribution in [0.25, 0.3) is 0 Å². The fourth-order valence-electron chi connectivity index (χ4n) is 1.86. The molecule has 0 amide bonds. The van der Waals surface area contributed by atoms with Crippen LogP contribution in [0.4, 0.5) is 4.39 Å². The Morgan fingerprint density at radius 2 is 2.15 bits per heavy atom. The Hall–Kier alpha value is -1.66. The Morgan fingerprint density at radius 3 is 2.85 bits per heavy atom. The smallest absolute Gasteiger partial charge is 0.170 e. The van der Waals surface area contributed by atoms with Gasteiger partial charge in [0.15, 0.2) is 5.84 Å². The number of benzene rings is 1. The Kier molecular flexibility index (Phi) is 7.60. The lowest BCUT2D eigenvalue weighted by Gasteiger charge is -2.07. The number of halogens is 1. The first-order chi connectivity index (χ1) is 9.67. The SMILES string of the molecule is COCCCCCNCc1cc(F)cc(/C(N)=N/O)c1. The van der Waals surface area contributed by atoms with Crippen LogP contribution in [0.3, 0.4) is 0 Å². The lowest BCUT2D eigenvalue weighted by atomic mass is 10.1. The minimum Gasteiger partial charge on any atom is -0.409 e. The van der Waals surface area contributed by atoms with Gasteiger partial charge in [0.2, 0.25) is 0 Å². The summed E-state index contributed by atoms with van der Waals surface area (Å²) in [5.74, 6) is -0.490. The molecule has 1 rings (SSSR count). The van der Waals surface area contributed by atoms with Crippen LogP contribution in [0.1, 0.15) is 30.4 Å². The van der Waals surface area contributed by atoms with Gasteiger partial charge in [0.1, 0.15) is 5.82 Å². The van der Waals surface area contributed by atoms with Crippen LogP contribution >= 0.6 is 0 Å². The number of oxime groups is 1. The fourth-order valence-corrected chi connectivity index (χ4v) is 1.86. The molecule has 0 unspecified atom stereocenters. The average Bonchev–Trinajstić information content (AvgIpc) is 2.45. The molecule has 0 saturated heterocycles. The van der Waals surface area contributed by atoms with Crippen LogP contribution in [0.15, 0.2) is 23.4 Å². The van der Waals surface area contributed by atoms with E-state index < -0.39 is 5.82 Å². The van der Waals surface area contributed by atoms with Crippen LogP contribution in [0.2, 0.25) is 0 Å². The van der Waals surface area contributed by atoms with Gasteiger partial charge in [-0.05, 0) is 49.6 Å². The van der Waals surface area contributed by atoms with Crippen LogP contribution < -0.4 is 11.1 Å². The lowest BCUT2D eigenvalue weighted by molar-refractivity contribution is 0.192. The van der Waals surface area contributed by atoms with Crippen molar-refractivity contribution in [2.45, 2.75) is 25.8 Å². The molecular formula is C14H22FN3O2. The van der Waals surface area contributed by atoms with Crippen molar-refractivity contribution < 1.29 is 14.3 Å². The van der Waals surface area contributed by atoms with Gasteiger partial charge in [-0.2, -0.15) is 0 Å². The molecule has 1 aromatic rings. The van der Waals surface area contributed by atoms with Crippen LogP contribution in [0.5, 0.6) is 0 Å². The van der Waals surface area contributed by atoms with Crippen molar-refractivity contribution in [1.82, 2.24) is 5.32 Å². The first kappa shape index (κ1) is 16.4. The molecule has 0 aliphatic heterocycles. The highest BCUT2D eigenvalue weighted by molar-refractivity contribution is 5.97. The standard InChI is InChI=1S/C14H22FN3O2/c1-20-6-4-2-3-5-17-10-11-7-12(14(16)18-19)9-13(15)8-11/h7-9,17,19H,2-6,10H2,1H3,(H2,16,18). The van der Waals surface area contributed by atoms with E-state index in [9.17, 15) is 4.39 Å². The summed E-state index contributed by atoms with van der Waals surface area (Å²) >= 11 is 0. The summed E-state index contributed by atoms with van der Waals surface area (Å²) in [6.45, 7) is 2.19. The molecule has 6 heteroatoms. The van der Waals surface area contributed by atoms with Crippen molar-refractivity contribution in [3.8, 4) is 0 Å². The molecular weight excluding hydrogens is 261 g/mol. The fraction of sp³-hybridized carbons (Fsp3) is 0.500. The summed E-state index contributed by atoms with van der Waals surface area (Å²) in [5, 5.41) is 14.7. The van der Waals surface area contributed by atoms with E-state index in [4.69, 9.17) is 15.7 Å². The summed E-state index contributed by atoms with van der Waals surface area (Å²) in [6.07, 6.45) is 3.19. The summed E-state index contributed by atoms with van der Waals surface area (Å²) in [7, 11) is 1.70. The molecule has 0 bridgehead atoms. The van der Waals surface area contributed by atoms with E-state index in [0.29, 0.717) is 12.1 Å². The van der Waals surface area contributed by atoms with Crippen molar-refractivity contribution >= 4 is 5.84 Å². The number of rotatable bonds is 9. The average molecular weight is 283 g/mol. The third kappa shape index (κ3) is 5.99. The van der Waals surface area contributed by atoms with E-state index in [1.54, 1.807) is 13.2 Å². The van der Waals surface area contributed by atoms with Crippen molar-refractivity contribution in [2.75, 3.05) is 20.3 Å². The van der Waals surface area contributed by atoms with Gasteiger partial charge in [0, 0.05) is 25.8 Å². The summed E-state index contributed by atoms with van der Waals surface area (Å²) in [5.41, 5.74) is 6.60. The normalized spacial score (nSPS) is 11.8. The zero-order valence-corrected chi connectivity index (χ0v) is 11.7. The van der Waals surface area contributed by atoms with E-state index in [1.807, 2.05) is 0 Å². The highest BCUT2D eigenvalue weighted by atomic mass is 19.1. The topological polar surface area (TPSA) is 79.9 Å². The first-order valence-electron chi connectivity index (χ1n) is 6.64. The molecule has 112 valence electrons. The van der Waals surface area contributed by atoms with Crippen LogP contribution in [-0.2, 0) is 11.3 Å². The third-order valence-corrected chi connectivity index (χ3v) is 2.89. The van der Waals surface area contributed by atoms with Gasteiger partial charge in [-0.3, -0.25) is 0 Å². The summed E-state index contributed by atoms with van der Waals surface area (Å²) in [4.78, 5) is 0. The molecule has 4 N–H and O–H groups in total. The molecule has 0 saturated carbocycles. The highest BCUT2D eigenvalue weighted by Gasteiger charge is 2.04. The number of nitrogens with one attached hydrogen (secondary N) is 1. The van der Waals surface area contributed by atoms with E-state index >= 15 is 0 Å². The minimum atomic E-state index is -0.397. The second kappa shape index (κ2) is 9.28. The summed E-state index contributed by atoms with van der Waals surface area (Å²) in [6, 6.07) is 4.38. The van der Waals surface area contributed by atoms with Gasteiger partial charge in [-0.15, -0.1) is 0 Å². The Morgan fingerprint density at radius 1 is 1.35 bits per heavy atom. The molecule has 0 aliphatic rings. The highest BCUT2D eigenvalue weighted by Crippen LogP contribution is 2.09. The van der Waals surface area contributed by atoms with Gasteiger partial charge in [-0.1, -0.05) is 5.16 Å². The number of nitrogens with zero attached hydrogens (tertiary/aromatic N) is 1. The zero-order valence-electron chi connectivity index (χ0n) is 11.7. The lowest BCUT2D eigenvalue weighted by Crippen LogP contribution is -2.17. The number of unbranched alkanes of at least 4 members (excludes halogenated alkanes) is 2. The molecule has 0 aliphatic carbocycles. The Bertz CT molecular complexity index is 438. The number of amidine groups is 1. The number of hydrogen-bond donors (Lipinski definition) is 3. The summed E-state index contributed by atoms with van der Waals surface area (Å²) < 4.78 is 18.4. The second-order valence-electron chi connectivity index (χ2n) is 4.56. The van der Waals surface area contributed by atoms with Crippen molar-refractivity contribution in [1.29, 1.82) is 0 Å². The van der Waals surface area contributed by atoms with Crippen molar-refractivity contribution in [2.24, 2.45) is 10.9 Å². The van der Waals surface area contributed by atoms with Gasteiger partial charge in [0.05, 0.1) is 0 Å². The number of nitrogens with two attached hydrogens (primary N) is 1. The largest absolute Gasteiger partial charge is 0.409 e. The van der Waals surface area contributed by atoms with Gasteiger partial charge in [0.25, 0.3) is 0 Å². The number of ether oxygens (including phenoxy) is 1. The number of hydrogen-bond acceptors (Lipinski definition) is 4.